The summed E-state index contributed by atoms with van der Waals surface area (Å²) in [7, 11) is -1.11. The van der Waals surface area contributed by atoms with E-state index in [0.717, 1.165) is 0 Å². The summed E-state index contributed by atoms with van der Waals surface area (Å²) in [5, 5.41) is 3.62. The first-order valence-electron chi connectivity index (χ1n) is 8.33. The fourth-order valence-electron chi connectivity index (χ4n) is 2.76. The molecule has 1 aliphatic rings. The fraction of sp³-hybridized carbons (Fsp3) is 0.588. The zero-order valence-electron chi connectivity index (χ0n) is 14.8. The molecule has 0 bridgehead atoms. The van der Waals surface area contributed by atoms with Crippen LogP contribution in [0.4, 0.5) is 4.39 Å². The lowest BCUT2D eigenvalue weighted by atomic mass is 10.1. The molecule has 1 aliphatic heterocycles. The van der Waals surface area contributed by atoms with Crippen molar-refractivity contribution in [3.63, 3.8) is 0 Å². The number of rotatable bonds is 5. The van der Waals surface area contributed by atoms with Gasteiger partial charge in [0.2, 0.25) is 0 Å². The smallest absolute Gasteiger partial charge is 0.194 e. The van der Waals surface area contributed by atoms with Crippen LogP contribution in [0, 0.1) is 11.7 Å². The van der Waals surface area contributed by atoms with Crippen LogP contribution < -0.4 is 5.32 Å². The monoisotopic (exact) mass is 389 g/mol. The van der Waals surface area contributed by atoms with Crippen molar-refractivity contribution in [2.24, 2.45) is 10.9 Å². The molecular weight excluding hydrogens is 365 g/mol. The Labute approximate surface area is 154 Å². The van der Waals surface area contributed by atoms with Crippen molar-refractivity contribution in [3.05, 3.63) is 34.6 Å². The van der Waals surface area contributed by atoms with Gasteiger partial charge in [-0.3, -0.25) is 4.99 Å². The van der Waals surface area contributed by atoms with E-state index >= 15 is 0 Å². The SMILES string of the molecule is CC(C)NC(=NCC1CCS(=O)(=O)C1)N(C)Cc1c(F)cccc1Cl. The number of halogens is 2. The minimum Gasteiger partial charge on any atom is -0.354 e. The van der Waals surface area contributed by atoms with Gasteiger partial charge in [-0.2, -0.15) is 0 Å². The number of benzene rings is 1. The lowest BCUT2D eigenvalue weighted by molar-refractivity contribution is 0.449. The van der Waals surface area contributed by atoms with Crippen molar-refractivity contribution in [1.82, 2.24) is 10.2 Å². The first kappa shape index (κ1) is 20.0. The molecule has 1 heterocycles. The number of sulfone groups is 1. The van der Waals surface area contributed by atoms with Crippen LogP contribution in [0.15, 0.2) is 23.2 Å². The number of aliphatic imine (C=N–C) groups is 1. The molecule has 2 rings (SSSR count). The van der Waals surface area contributed by atoms with Crippen molar-refractivity contribution in [1.29, 1.82) is 0 Å². The first-order valence-corrected chi connectivity index (χ1v) is 10.5. The van der Waals surface area contributed by atoms with Gasteiger partial charge in [0.25, 0.3) is 0 Å². The summed E-state index contributed by atoms with van der Waals surface area (Å²) in [4.78, 5) is 6.37. The van der Waals surface area contributed by atoms with E-state index < -0.39 is 9.84 Å². The minimum atomic E-state index is -2.92. The van der Waals surface area contributed by atoms with Crippen LogP contribution in [0.2, 0.25) is 5.02 Å². The highest BCUT2D eigenvalue weighted by molar-refractivity contribution is 7.91. The summed E-state index contributed by atoms with van der Waals surface area (Å²) >= 11 is 6.10. The van der Waals surface area contributed by atoms with Gasteiger partial charge < -0.3 is 10.2 Å². The molecule has 1 aromatic rings. The molecule has 0 saturated carbocycles. The molecule has 0 aliphatic carbocycles. The lowest BCUT2D eigenvalue weighted by Crippen LogP contribution is -2.42. The molecular formula is C17H25ClFN3O2S. The molecule has 1 fully saturated rings. The predicted octanol–water partition coefficient (Wildman–Crippen LogP) is 2.70. The highest BCUT2D eigenvalue weighted by Crippen LogP contribution is 2.21. The Hall–Kier alpha value is -1.34. The minimum absolute atomic E-state index is 0.0411. The second-order valence-corrected chi connectivity index (χ2v) is 9.42. The number of nitrogens with one attached hydrogen (secondary N) is 1. The van der Waals surface area contributed by atoms with Crippen LogP contribution >= 0.6 is 11.6 Å². The summed E-state index contributed by atoms with van der Waals surface area (Å²) in [6, 6.07) is 4.75. The Morgan fingerprint density at radius 2 is 2.20 bits per heavy atom. The standard InChI is InChI=1S/C17H25ClFN3O2S/c1-12(2)21-17(20-9-13-7-8-25(23,24)11-13)22(3)10-14-15(18)5-4-6-16(14)19/h4-6,12-13H,7-11H2,1-3H3,(H,20,21). The van der Waals surface area contributed by atoms with Crippen molar-refractivity contribution >= 4 is 27.4 Å². The Kier molecular flexibility index (Phi) is 6.68. The van der Waals surface area contributed by atoms with Gasteiger partial charge in [-0.1, -0.05) is 17.7 Å². The maximum absolute atomic E-state index is 14.0. The van der Waals surface area contributed by atoms with E-state index in [1.165, 1.54) is 6.07 Å². The summed E-state index contributed by atoms with van der Waals surface area (Å²) < 4.78 is 37.2. The zero-order valence-corrected chi connectivity index (χ0v) is 16.4. The molecule has 0 aromatic heterocycles. The van der Waals surface area contributed by atoms with E-state index in [4.69, 9.17) is 11.6 Å². The molecule has 140 valence electrons. The Bertz CT molecular complexity index is 717. The third-order valence-electron chi connectivity index (χ3n) is 4.06. The molecule has 1 aromatic carbocycles. The van der Waals surface area contributed by atoms with E-state index in [1.807, 2.05) is 20.9 Å². The molecule has 5 nitrogen and oxygen atoms in total. The summed E-state index contributed by atoms with van der Waals surface area (Å²) in [6.45, 7) is 4.68. The Morgan fingerprint density at radius 1 is 1.48 bits per heavy atom. The maximum atomic E-state index is 14.0. The van der Waals surface area contributed by atoms with Gasteiger partial charge in [-0.25, -0.2) is 12.8 Å². The van der Waals surface area contributed by atoms with Crippen molar-refractivity contribution in [2.75, 3.05) is 25.1 Å². The molecule has 25 heavy (non-hydrogen) atoms. The lowest BCUT2D eigenvalue weighted by Gasteiger charge is -2.25. The van der Waals surface area contributed by atoms with Crippen LogP contribution in [0.5, 0.6) is 0 Å². The molecule has 1 saturated heterocycles. The highest BCUT2D eigenvalue weighted by Gasteiger charge is 2.27. The second-order valence-electron chi connectivity index (χ2n) is 6.79. The molecule has 0 radical (unpaired) electrons. The van der Waals surface area contributed by atoms with E-state index in [2.05, 4.69) is 10.3 Å². The van der Waals surface area contributed by atoms with Gasteiger partial charge in [0.15, 0.2) is 15.8 Å². The van der Waals surface area contributed by atoms with Crippen LogP contribution in [-0.4, -0.2) is 50.4 Å². The van der Waals surface area contributed by atoms with Gasteiger partial charge in [-0.15, -0.1) is 0 Å². The van der Waals surface area contributed by atoms with Crippen molar-refractivity contribution in [3.8, 4) is 0 Å². The van der Waals surface area contributed by atoms with E-state index in [9.17, 15) is 12.8 Å². The van der Waals surface area contributed by atoms with Crippen LogP contribution in [0.25, 0.3) is 0 Å². The number of guanidine groups is 1. The molecule has 1 N–H and O–H groups in total. The maximum Gasteiger partial charge on any atom is 0.194 e. The highest BCUT2D eigenvalue weighted by atomic mass is 35.5. The summed E-state index contributed by atoms with van der Waals surface area (Å²) in [5.74, 6) is 0.720. The average Bonchev–Trinajstić information content (AvgIpc) is 2.86. The quantitative estimate of drug-likeness (QED) is 0.621. The normalized spacial score (nSPS) is 20.1. The molecule has 8 heteroatoms. The third kappa shape index (κ3) is 5.85. The van der Waals surface area contributed by atoms with Crippen LogP contribution in [0.1, 0.15) is 25.8 Å². The van der Waals surface area contributed by atoms with E-state index in [-0.39, 0.29) is 35.8 Å². The first-order chi connectivity index (χ1) is 11.7. The number of hydrogen-bond donors (Lipinski definition) is 1. The van der Waals surface area contributed by atoms with Gasteiger partial charge in [0.05, 0.1) is 11.5 Å². The summed E-state index contributed by atoms with van der Waals surface area (Å²) in [5.41, 5.74) is 0.411. The van der Waals surface area contributed by atoms with Gasteiger partial charge in [-0.05, 0) is 38.3 Å². The third-order valence-corrected chi connectivity index (χ3v) is 6.25. The average molecular weight is 390 g/mol. The molecule has 0 amide bonds. The zero-order chi connectivity index (χ0) is 18.6. The van der Waals surface area contributed by atoms with Crippen molar-refractivity contribution < 1.29 is 12.8 Å². The predicted molar refractivity (Wildman–Crippen MR) is 100 cm³/mol. The van der Waals surface area contributed by atoms with Gasteiger partial charge in [0.1, 0.15) is 5.82 Å². The Morgan fingerprint density at radius 3 is 2.76 bits per heavy atom. The fourth-order valence-corrected chi connectivity index (χ4v) is 4.83. The second kappa shape index (κ2) is 8.36. The molecule has 0 spiro atoms. The largest absolute Gasteiger partial charge is 0.354 e. The molecule has 1 atom stereocenters. The van der Waals surface area contributed by atoms with Crippen molar-refractivity contribution in [2.45, 2.75) is 32.9 Å². The summed E-state index contributed by atoms with van der Waals surface area (Å²) in [6.07, 6.45) is 0.643. The molecule has 1 unspecified atom stereocenters. The number of hydrogen-bond acceptors (Lipinski definition) is 3. The van der Waals surface area contributed by atoms with E-state index in [0.29, 0.717) is 29.5 Å². The Balaban J connectivity index is 2.11. The topological polar surface area (TPSA) is 61.8 Å². The van der Waals surface area contributed by atoms with Gasteiger partial charge >= 0.3 is 0 Å². The van der Waals surface area contributed by atoms with Gasteiger partial charge in [0, 0.05) is 36.8 Å². The van der Waals surface area contributed by atoms with Crippen LogP contribution in [0.3, 0.4) is 0 Å². The van der Waals surface area contributed by atoms with E-state index in [1.54, 1.807) is 17.0 Å². The van der Waals surface area contributed by atoms with Crippen LogP contribution in [-0.2, 0) is 16.4 Å². The number of nitrogens with zero attached hydrogens (tertiary/aromatic N) is 2.